The first-order valence-corrected chi connectivity index (χ1v) is 9.73. The average molecular weight is 449 g/mol. The van der Waals surface area contributed by atoms with Crippen molar-refractivity contribution in [2.75, 3.05) is 11.9 Å². The van der Waals surface area contributed by atoms with Crippen LogP contribution in [0.1, 0.15) is 11.4 Å². The van der Waals surface area contributed by atoms with Crippen molar-refractivity contribution in [3.63, 3.8) is 0 Å². The zero-order chi connectivity index (χ0) is 21.7. The molecule has 0 atom stereocenters. The van der Waals surface area contributed by atoms with Crippen LogP contribution >= 0.6 is 23.2 Å². The van der Waals surface area contributed by atoms with E-state index in [1.165, 1.54) is 10.8 Å². The molecule has 0 radical (unpaired) electrons. The number of benzene rings is 2. The largest absolute Gasteiger partial charge is 0.461 e. The van der Waals surface area contributed by atoms with Crippen LogP contribution in [-0.2, 0) is 22.5 Å². The Morgan fingerprint density at radius 3 is 2.60 bits per heavy atom. The fourth-order valence-electron chi connectivity index (χ4n) is 2.88. The maximum atomic E-state index is 12.3. The molecule has 1 N–H and O–H groups in total. The van der Waals surface area contributed by atoms with Crippen molar-refractivity contribution in [3.8, 4) is 0 Å². The molecule has 3 rings (SSSR count). The molecule has 0 unspecified atom stereocenters. The molecule has 0 bridgehead atoms. The van der Waals surface area contributed by atoms with Gasteiger partial charge in [0, 0.05) is 12.6 Å². The van der Waals surface area contributed by atoms with Gasteiger partial charge in [0.05, 0.1) is 22.2 Å². The van der Waals surface area contributed by atoms with Crippen LogP contribution in [0.3, 0.4) is 0 Å². The molecule has 0 spiro atoms. The topological polar surface area (TPSA) is 99.3 Å². The predicted octanol–water partition coefficient (Wildman–Crippen LogP) is 4.94. The van der Waals surface area contributed by atoms with E-state index in [0.29, 0.717) is 32.8 Å². The Labute approximate surface area is 182 Å². The van der Waals surface area contributed by atoms with Crippen LogP contribution in [0.4, 0.5) is 17.2 Å². The number of carbonyl (C=O) groups excluding carboxylic acids is 1. The van der Waals surface area contributed by atoms with Crippen LogP contribution in [0, 0.1) is 17.0 Å². The van der Waals surface area contributed by atoms with Gasteiger partial charge in [0.15, 0.2) is 5.82 Å². The molecule has 0 aliphatic rings. The Bertz CT molecular complexity index is 1060. The fraction of sp³-hybridized carbons (Fsp3) is 0.200. The van der Waals surface area contributed by atoms with Gasteiger partial charge in [-0.2, -0.15) is 0 Å². The third-order valence-electron chi connectivity index (χ3n) is 4.37. The van der Waals surface area contributed by atoms with Crippen LogP contribution in [-0.4, -0.2) is 27.1 Å². The molecule has 0 saturated carbocycles. The minimum absolute atomic E-state index is 0.0102. The molecular weight excluding hydrogens is 431 g/mol. The summed E-state index contributed by atoms with van der Waals surface area (Å²) < 4.78 is 6.66. The lowest BCUT2D eigenvalue weighted by molar-refractivity contribution is -0.392. The van der Waals surface area contributed by atoms with Gasteiger partial charge in [0.1, 0.15) is 19.3 Å². The highest BCUT2D eigenvalue weighted by atomic mass is 35.5. The zero-order valence-electron chi connectivity index (χ0n) is 16.0. The summed E-state index contributed by atoms with van der Waals surface area (Å²) in [6.07, 6.45) is 1.19. The summed E-state index contributed by atoms with van der Waals surface area (Å²) in [5.41, 5.74) is 1.92. The molecule has 1 heterocycles. The molecule has 0 fully saturated rings. The van der Waals surface area contributed by atoms with E-state index < -0.39 is 10.9 Å². The summed E-state index contributed by atoms with van der Waals surface area (Å²) in [5.74, 6) is -0.131. The Kier molecular flexibility index (Phi) is 6.91. The second-order valence-corrected chi connectivity index (χ2v) is 7.16. The number of carbonyl (C=O) groups is 1. The summed E-state index contributed by atoms with van der Waals surface area (Å²) in [6, 6.07) is 12.4. The molecule has 3 aromatic rings. The third-order valence-corrected chi connectivity index (χ3v) is 5.00. The number of nitro groups is 1. The van der Waals surface area contributed by atoms with Gasteiger partial charge in [-0.15, -0.1) is 0 Å². The van der Waals surface area contributed by atoms with Gasteiger partial charge in [-0.3, -0.25) is 4.79 Å². The van der Waals surface area contributed by atoms with Gasteiger partial charge in [-0.1, -0.05) is 47.5 Å². The van der Waals surface area contributed by atoms with Crippen LogP contribution in [0.25, 0.3) is 0 Å². The highest BCUT2D eigenvalue weighted by molar-refractivity contribution is 6.39. The number of aryl methyl sites for hydroxylation is 1. The lowest BCUT2D eigenvalue weighted by Gasteiger charge is -2.14. The second kappa shape index (κ2) is 9.60. The lowest BCUT2D eigenvalue weighted by atomic mass is 10.1. The molecular formula is C20H18Cl2N4O4. The number of aromatic nitrogens is 2. The Hall–Kier alpha value is -3.10. The Morgan fingerprint density at radius 1 is 1.20 bits per heavy atom. The number of nitrogens with zero attached hydrogens (tertiary/aromatic N) is 3. The van der Waals surface area contributed by atoms with E-state index in [9.17, 15) is 14.9 Å². The van der Waals surface area contributed by atoms with Crippen molar-refractivity contribution in [1.29, 1.82) is 0 Å². The summed E-state index contributed by atoms with van der Waals surface area (Å²) in [7, 11) is 0. The first-order valence-electron chi connectivity index (χ1n) is 8.98. The van der Waals surface area contributed by atoms with E-state index in [1.54, 1.807) is 43.3 Å². The highest BCUT2D eigenvalue weighted by Gasteiger charge is 2.18. The minimum atomic E-state index is -0.524. The number of anilines is 2. The number of halogens is 2. The van der Waals surface area contributed by atoms with Crippen LogP contribution in [0.2, 0.25) is 10.0 Å². The average Bonchev–Trinajstić information content (AvgIpc) is 3.07. The molecule has 2 aromatic carbocycles. The number of esters is 1. The van der Waals surface area contributed by atoms with Crippen LogP contribution in [0.5, 0.6) is 0 Å². The lowest BCUT2D eigenvalue weighted by Crippen LogP contribution is -2.15. The number of hydrogen-bond donors (Lipinski definition) is 1. The van der Waals surface area contributed by atoms with Crippen LogP contribution < -0.4 is 5.32 Å². The van der Waals surface area contributed by atoms with E-state index in [1.807, 2.05) is 6.07 Å². The van der Waals surface area contributed by atoms with E-state index in [0.717, 1.165) is 0 Å². The molecule has 0 amide bonds. The van der Waals surface area contributed by atoms with Crippen LogP contribution in [0.15, 0.2) is 48.7 Å². The fourth-order valence-corrected chi connectivity index (χ4v) is 3.38. The standard InChI is InChI=1S/C20H18Cl2N4O4/c1-13-23-12-18(26(28)29)25(13)9-10-30-19(27)11-14-5-2-3-8-17(14)24-20-15(21)6-4-7-16(20)22/h2-8,12,24H,9-11H2,1H3. The maximum Gasteiger partial charge on any atom is 0.342 e. The van der Waals surface area contributed by atoms with Gasteiger partial charge < -0.3 is 20.2 Å². The molecule has 0 saturated heterocycles. The number of rotatable bonds is 8. The normalized spacial score (nSPS) is 10.6. The molecule has 0 aliphatic carbocycles. The molecule has 30 heavy (non-hydrogen) atoms. The van der Waals surface area contributed by atoms with Crippen molar-refractivity contribution in [2.45, 2.75) is 19.9 Å². The van der Waals surface area contributed by atoms with Gasteiger partial charge in [0.25, 0.3) is 0 Å². The number of hydrogen-bond acceptors (Lipinski definition) is 6. The van der Waals surface area contributed by atoms with Crippen molar-refractivity contribution in [1.82, 2.24) is 9.55 Å². The number of ether oxygens (including phenoxy) is 1. The predicted molar refractivity (Wildman–Crippen MR) is 114 cm³/mol. The van der Waals surface area contributed by atoms with Gasteiger partial charge >= 0.3 is 11.8 Å². The summed E-state index contributed by atoms with van der Waals surface area (Å²) >= 11 is 12.4. The number of nitrogens with one attached hydrogen (secondary N) is 1. The maximum absolute atomic E-state index is 12.3. The van der Waals surface area contributed by atoms with E-state index in [4.69, 9.17) is 27.9 Å². The van der Waals surface area contributed by atoms with E-state index >= 15 is 0 Å². The first kappa shape index (κ1) is 21.6. The molecule has 1 aromatic heterocycles. The summed E-state index contributed by atoms with van der Waals surface area (Å²) in [6.45, 7) is 1.78. The second-order valence-electron chi connectivity index (χ2n) is 6.35. The minimum Gasteiger partial charge on any atom is -0.461 e. The van der Waals surface area contributed by atoms with Gasteiger partial charge in [0.2, 0.25) is 0 Å². The van der Waals surface area contributed by atoms with Gasteiger partial charge in [-0.25, -0.2) is 9.55 Å². The Morgan fingerprint density at radius 2 is 1.90 bits per heavy atom. The number of imidazole rings is 1. The van der Waals surface area contributed by atoms with Crippen molar-refractivity contribution in [3.05, 3.63) is 80.2 Å². The Balaban J connectivity index is 1.64. The molecule has 10 heteroatoms. The first-order chi connectivity index (χ1) is 14.4. The third kappa shape index (κ3) is 5.08. The highest BCUT2D eigenvalue weighted by Crippen LogP contribution is 2.33. The summed E-state index contributed by atoms with van der Waals surface area (Å²) in [5, 5.41) is 15.1. The molecule has 0 aliphatic heterocycles. The zero-order valence-corrected chi connectivity index (χ0v) is 17.5. The summed E-state index contributed by atoms with van der Waals surface area (Å²) in [4.78, 5) is 26.7. The quantitative estimate of drug-likeness (QED) is 0.297. The molecule has 8 nitrogen and oxygen atoms in total. The molecule has 156 valence electrons. The smallest absolute Gasteiger partial charge is 0.342 e. The van der Waals surface area contributed by atoms with Crippen molar-refractivity contribution >= 4 is 46.4 Å². The van der Waals surface area contributed by atoms with E-state index in [-0.39, 0.29) is 25.4 Å². The monoisotopic (exact) mass is 448 g/mol. The van der Waals surface area contributed by atoms with Gasteiger partial charge in [-0.05, 0) is 28.7 Å². The van der Waals surface area contributed by atoms with Crippen molar-refractivity contribution in [2.24, 2.45) is 0 Å². The van der Waals surface area contributed by atoms with E-state index in [2.05, 4.69) is 10.3 Å². The SMILES string of the molecule is Cc1ncc([N+](=O)[O-])n1CCOC(=O)Cc1ccccc1Nc1c(Cl)cccc1Cl. The number of para-hydroxylation sites is 2. The van der Waals surface area contributed by atoms with Crippen molar-refractivity contribution < 1.29 is 14.5 Å².